The Balaban J connectivity index is 2.14. The molecule has 0 atom stereocenters. The van der Waals surface area contributed by atoms with Crippen molar-refractivity contribution in [1.29, 1.82) is 0 Å². The molecule has 0 saturated carbocycles. The number of aromatic hydroxyl groups is 1. The van der Waals surface area contributed by atoms with Crippen LogP contribution >= 0.6 is 0 Å². The topological polar surface area (TPSA) is 98.9 Å². The molecule has 0 spiro atoms. The molecule has 0 unspecified atom stereocenters. The number of aliphatic hydroxyl groups is 1. The van der Waals surface area contributed by atoms with E-state index in [9.17, 15) is 5.11 Å². The molecule has 0 radical (unpaired) electrons. The minimum absolute atomic E-state index is 0.0484. The van der Waals surface area contributed by atoms with Crippen molar-refractivity contribution in [2.24, 2.45) is 0 Å². The summed E-state index contributed by atoms with van der Waals surface area (Å²) in [6, 6.07) is 6.97. The predicted octanol–water partition coefficient (Wildman–Crippen LogP) is 3.20. The number of methoxy groups -OCH3 is 2. The van der Waals surface area contributed by atoms with Crippen molar-refractivity contribution >= 4 is 11.0 Å². The minimum Gasteiger partial charge on any atom is -0.505 e. The van der Waals surface area contributed by atoms with Crippen LogP contribution in [0.5, 0.6) is 23.0 Å². The smallest absolute Gasteiger partial charge is 0.163 e. The zero-order chi connectivity index (χ0) is 21.2. The first-order valence-electron chi connectivity index (χ1n) is 9.39. The summed E-state index contributed by atoms with van der Waals surface area (Å²) >= 11 is 0. The van der Waals surface area contributed by atoms with Crippen molar-refractivity contribution in [2.75, 3.05) is 27.4 Å². The van der Waals surface area contributed by atoms with Gasteiger partial charge in [-0.15, -0.1) is 15.0 Å². The molecule has 0 aliphatic carbocycles. The Bertz CT molecular complexity index is 967. The molecule has 0 fully saturated rings. The van der Waals surface area contributed by atoms with E-state index in [4.69, 9.17) is 19.3 Å². The second-order valence-corrected chi connectivity index (χ2v) is 7.70. The standard InChI is InChI=1S/C21H27N3O5/c1-21(2,3)14-9-13(29-8-6-7-25)10-17(20(14)26)24-22-15-11-18(27-4)19(28-5)12-16(15)23-24/h9-12,25-26H,6-8H2,1-5H3. The molecule has 2 aromatic carbocycles. The molecule has 0 bridgehead atoms. The van der Waals surface area contributed by atoms with Gasteiger partial charge in [0, 0.05) is 36.8 Å². The molecule has 8 nitrogen and oxygen atoms in total. The van der Waals surface area contributed by atoms with Crippen LogP contribution in [0.2, 0.25) is 0 Å². The Labute approximate surface area is 169 Å². The van der Waals surface area contributed by atoms with Crippen LogP contribution in [0, 0.1) is 0 Å². The summed E-state index contributed by atoms with van der Waals surface area (Å²) in [5, 5.41) is 29.0. The third kappa shape index (κ3) is 4.22. The van der Waals surface area contributed by atoms with Gasteiger partial charge in [0.25, 0.3) is 0 Å². The van der Waals surface area contributed by atoms with E-state index in [1.165, 1.54) is 4.80 Å². The predicted molar refractivity (Wildman–Crippen MR) is 110 cm³/mol. The molecule has 0 aliphatic rings. The molecule has 3 aromatic rings. The first-order valence-corrected chi connectivity index (χ1v) is 9.39. The fourth-order valence-corrected chi connectivity index (χ4v) is 3.01. The largest absolute Gasteiger partial charge is 0.505 e. The van der Waals surface area contributed by atoms with E-state index in [0.717, 1.165) is 0 Å². The Kier molecular flexibility index (Phi) is 5.83. The van der Waals surface area contributed by atoms with Gasteiger partial charge < -0.3 is 24.4 Å². The van der Waals surface area contributed by atoms with Gasteiger partial charge in [-0.1, -0.05) is 20.8 Å². The second-order valence-electron chi connectivity index (χ2n) is 7.70. The Morgan fingerprint density at radius 2 is 1.55 bits per heavy atom. The summed E-state index contributed by atoms with van der Waals surface area (Å²) in [6.45, 7) is 6.43. The van der Waals surface area contributed by atoms with Crippen molar-refractivity contribution in [3.63, 3.8) is 0 Å². The van der Waals surface area contributed by atoms with Crippen molar-refractivity contribution < 1.29 is 24.4 Å². The fraction of sp³-hybridized carbons (Fsp3) is 0.429. The molecule has 3 rings (SSSR count). The summed E-state index contributed by atoms with van der Waals surface area (Å²) in [7, 11) is 3.12. The number of ether oxygens (including phenoxy) is 3. The number of hydrogen-bond acceptors (Lipinski definition) is 7. The van der Waals surface area contributed by atoms with Crippen LogP contribution in [0.3, 0.4) is 0 Å². The van der Waals surface area contributed by atoms with E-state index in [-0.39, 0.29) is 17.8 Å². The van der Waals surface area contributed by atoms with Gasteiger partial charge in [0.05, 0.1) is 20.8 Å². The van der Waals surface area contributed by atoms with Crippen LogP contribution in [0.25, 0.3) is 16.7 Å². The molecule has 0 saturated heterocycles. The van der Waals surface area contributed by atoms with Crippen LogP contribution in [0.15, 0.2) is 24.3 Å². The Hall–Kier alpha value is -3.00. The molecule has 29 heavy (non-hydrogen) atoms. The lowest BCUT2D eigenvalue weighted by molar-refractivity contribution is 0.233. The highest BCUT2D eigenvalue weighted by atomic mass is 16.5. The zero-order valence-electron chi connectivity index (χ0n) is 17.4. The van der Waals surface area contributed by atoms with Gasteiger partial charge in [-0.05, 0) is 11.5 Å². The van der Waals surface area contributed by atoms with Gasteiger partial charge in [-0.2, -0.15) is 0 Å². The number of fused-ring (bicyclic) bond motifs is 1. The van der Waals surface area contributed by atoms with Crippen molar-refractivity contribution in [3.8, 4) is 28.7 Å². The number of rotatable bonds is 7. The highest BCUT2D eigenvalue weighted by Crippen LogP contribution is 2.39. The zero-order valence-corrected chi connectivity index (χ0v) is 17.4. The third-order valence-electron chi connectivity index (χ3n) is 4.54. The van der Waals surface area contributed by atoms with Crippen molar-refractivity contribution in [3.05, 3.63) is 29.8 Å². The number of aliphatic hydroxyl groups excluding tert-OH is 1. The molecule has 1 aromatic heterocycles. The van der Waals surface area contributed by atoms with Gasteiger partial charge in [-0.3, -0.25) is 0 Å². The Morgan fingerprint density at radius 1 is 0.966 bits per heavy atom. The lowest BCUT2D eigenvalue weighted by Gasteiger charge is -2.23. The average Bonchev–Trinajstić information content (AvgIpc) is 3.09. The quantitative estimate of drug-likeness (QED) is 0.587. The normalized spacial score (nSPS) is 11.7. The van der Waals surface area contributed by atoms with Crippen LogP contribution < -0.4 is 14.2 Å². The molecule has 0 aliphatic heterocycles. The average molecular weight is 401 g/mol. The third-order valence-corrected chi connectivity index (χ3v) is 4.54. The number of aromatic nitrogens is 3. The van der Waals surface area contributed by atoms with Crippen LogP contribution in [0.1, 0.15) is 32.8 Å². The molecule has 156 valence electrons. The van der Waals surface area contributed by atoms with E-state index < -0.39 is 0 Å². The van der Waals surface area contributed by atoms with Gasteiger partial charge in [-0.25, -0.2) is 0 Å². The Morgan fingerprint density at radius 3 is 2.03 bits per heavy atom. The summed E-state index contributed by atoms with van der Waals surface area (Å²) in [5.74, 6) is 1.76. The van der Waals surface area contributed by atoms with E-state index >= 15 is 0 Å². The lowest BCUT2D eigenvalue weighted by atomic mass is 9.86. The summed E-state index contributed by atoms with van der Waals surface area (Å²) < 4.78 is 16.4. The number of phenols is 1. The van der Waals surface area contributed by atoms with E-state index in [0.29, 0.717) is 52.6 Å². The minimum atomic E-state index is -0.325. The number of benzene rings is 2. The summed E-state index contributed by atoms with van der Waals surface area (Å²) in [4.78, 5) is 1.38. The van der Waals surface area contributed by atoms with Crippen LogP contribution in [-0.4, -0.2) is 52.6 Å². The monoisotopic (exact) mass is 401 g/mol. The van der Waals surface area contributed by atoms with Gasteiger partial charge in [0.2, 0.25) is 0 Å². The summed E-state index contributed by atoms with van der Waals surface area (Å²) in [6.07, 6.45) is 0.518. The lowest BCUT2D eigenvalue weighted by Crippen LogP contribution is -2.14. The maximum Gasteiger partial charge on any atom is 0.163 e. The first kappa shape index (κ1) is 20.7. The molecule has 2 N–H and O–H groups in total. The maximum absolute atomic E-state index is 11.0. The van der Waals surface area contributed by atoms with E-state index in [1.807, 2.05) is 26.8 Å². The van der Waals surface area contributed by atoms with Crippen molar-refractivity contribution in [1.82, 2.24) is 15.0 Å². The molecule has 1 heterocycles. The molecular formula is C21H27N3O5. The first-order chi connectivity index (χ1) is 13.8. The number of nitrogens with zero attached hydrogens (tertiary/aromatic N) is 3. The van der Waals surface area contributed by atoms with Crippen LogP contribution in [-0.2, 0) is 5.41 Å². The molecular weight excluding hydrogens is 374 g/mol. The SMILES string of the molecule is COc1cc2nn(-c3cc(OCCCO)cc(C(C)(C)C)c3O)nc2cc1OC. The highest BCUT2D eigenvalue weighted by Gasteiger charge is 2.24. The van der Waals surface area contributed by atoms with Gasteiger partial charge >= 0.3 is 0 Å². The summed E-state index contributed by atoms with van der Waals surface area (Å²) in [5.41, 5.74) is 2.00. The number of phenolic OH excluding ortho intramolecular Hbond substituents is 1. The van der Waals surface area contributed by atoms with E-state index in [1.54, 1.807) is 32.4 Å². The van der Waals surface area contributed by atoms with Gasteiger partial charge in [0.1, 0.15) is 28.2 Å². The molecule has 8 heteroatoms. The van der Waals surface area contributed by atoms with Gasteiger partial charge in [0.15, 0.2) is 11.5 Å². The molecule has 0 amide bonds. The highest BCUT2D eigenvalue weighted by molar-refractivity contribution is 5.79. The van der Waals surface area contributed by atoms with E-state index in [2.05, 4.69) is 10.2 Å². The van der Waals surface area contributed by atoms with Crippen LogP contribution in [0.4, 0.5) is 0 Å². The second kappa shape index (κ2) is 8.16. The number of hydrogen-bond donors (Lipinski definition) is 2. The van der Waals surface area contributed by atoms with Crippen molar-refractivity contribution in [2.45, 2.75) is 32.6 Å². The maximum atomic E-state index is 11.0. The fourth-order valence-electron chi connectivity index (χ4n) is 3.01.